The second-order valence-electron chi connectivity index (χ2n) is 5.83. The number of benzene rings is 1. The summed E-state index contributed by atoms with van der Waals surface area (Å²) in [6, 6.07) is 5.48. The molecule has 0 aromatic heterocycles. The Morgan fingerprint density at radius 1 is 1.21 bits per heavy atom. The smallest absolute Gasteiger partial charge is 0.224 e. The summed E-state index contributed by atoms with van der Waals surface area (Å²) >= 11 is 0. The molecule has 4 nitrogen and oxygen atoms in total. The highest BCUT2D eigenvalue weighted by atomic mass is 16.5. The lowest BCUT2D eigenvalue weighted by Gasteiger charge is -2.24. The van der Waals surface area contributed by atoms with E-state index in [9.17, 15) is 4.79 Å². The van der Waals surface area contributed by atoms with Gasteiger partial charge in [-0.2, -0.15) is 0 Å². The van der Waals surface area contributed by atoms with E-state index in [1.54, 1.807) is 20.3 Å². The zero-order valence-electron chi connectivity index (χ0n) is 12.3. The summed E-state index contributed by atoms with van der Waals surface area (Å²) in [7, 11) is 3.16. The fraction of sp³-hybridized carbons (Fsp3) is 0.533. The molecule has 0 bridgehead atoms. The van der Waals surface area contributed by atoms with Crippen LogP contribution in [0.3, 0.4) is 0 Å². The lowest BCUT2D eigenvalue weighted by molar-refractivity contribution is -0.120. The summed E-state index contributed by atoms with van der Waals surface area (Å²) in [5, 5.41) is 0. The van der Waals surface area contributed by atoms with Crippen LogP contribution in [0, 0.1) is 5.41 Å². The summed E-state index contributed by atoms with van der Waals surface area (Å²) in [6.45, 7) is 6.26. The van der Waals surface area contributed by atoms with Crippen LogP contribution < -0.4 is 15.2 Å². The Bertz CT molecular complexity index is 449. The highest BCUT2D eigenvalue weighted by Crippen LogP contribution is 2.35. The molecule has 0 heterocycles. The molecule has 0 saturated carbocycles. The van der Waals surface area contributed by atoms with Crippen molar-refractivity contribution in [1.82, 2.24) is 0 Å². The van der Waals surface area contributed by atoms with Gasteiger partial charge in [0.05, 0.1) is 20.1 Å². The van der Waals surface area contributed by atoms with E-state index in [1.807, 2.05) is 12.1 Å². The van der Waals surface area contributed by atoms with E-state index < -0.39 is 0 Å². The van der Waals surface area contributed by atoms with Crippen molar-refractivity contribution in [3.8, 4) is 11.5 Å². The average molecular weight is 265 g/mol. The van der Waals surface area contributed by atoms with E-state index in [0.29, 0.717) is 17.9 Å². The monoisotopic (exact) mass is 265 g/mol. The highest BCUT2D eigenvalue weighted by molar-refractivity contribution is 5.82. The molecule has 0 spiro atoms. The lowest BCUT2D eigenvalue weighted by Crippen LogP contribution is -2.25. The van der Waals surface area contributed by atoms with Gasteiger partial charge in [-0.05, 0) is 29.5 Å². The lowest BCUT2D eigenvalue weighted by atomic mass is 9.81. The molecule has 0 aliphatic rings. The first-order chi connectivity index (χ1) is 8.78. The zero-order valence-corrected chi connectivity index (χ0v) is 12.3. The van der Waals surface area contributed by atoms with Crippen molar-refractivity contribution in [2.24, 2.45) is 11.1 Å². The number of rotatable bonds is 5. The maximum absolute atomic E-state index is 11.7. The van der Waals surface area contributed by atoms with Crippen molar-refractivity contribution in [2.45, 2.75) is 33.1 Å². The number of nitrogens with two attached hydrogens (primary N) is 1. The van der Waals surface area contributed by atoms with Crippen LogP contribution in [0.1, 0.15) is 38.7 Å². The molecule has 1 aromatic carbocycles. The molecular weight excluding hydrogens is 242 g/mol. The van der Waals surface area contributed by atoms with Gasteiger partial charge in [0.1, 0.15) is 0 Å². The van der Waals surface area contributed by atoms with E-state index in [4.69, 9.17) is 15.2 Å². The second-order valence-corrected chi connectivity index (χ2v) is 5.83. The molecule has 0 radical (unpaired) electrons. The van der Waals surface area contributed by atoms with Crippen LogP contribution in [0.4, 0.5) is 0 Å². The summed E-state index contributed by atoms with van der Waals surface area (Å²) in [4.78, 5) is 11.7. The van der Waals surface area contributed by atoms with Gasteiger partial charge in [-0.3, -0.25) is 4.79 Å². The third kappa shape index (κ3) is 4.16. The standard InChI is InChI=1S/C15H23NO3/c1-15(2,3)9-11(14(16)17)10-6-7-12(18-4)13(8-10)19-5/h6-8,11H,9H2,1-5H3,(H2,16,17). The minimum Gasteiger partial charge on any atom is -0.493 e. The molecule has 0 fully saturated rings. The van der Waals surface area contributed by atoms with Crippen molar-refractivity contribution in [2.75, 3.05) is 14.2 Å². The molecule has 0 saturated heterocycles. The van der Waals surface area contributed by atoms with Gasteiger partial charge < -0.3 is 15.2 Å². The van der Waals surface area contributed by atoms with Gasteiger partial charge in [0, 0.05) is 0 Å². The number of carbonyl (C=O) groups excluding carboxylic acids is 1. The molecule has 1 amide bonds. The largest absolute Gasteiger partial charge is 0.493 e. The Morgan fingerprint density at radius 3 is 2.21 bits per heavy atom. The number of amides is 1. The van der Waals surface area contributed by atoms with Crippen LogP contribution in [0.15, 0.2) is 18.2 Å². The van der Waals surface area contributed by atoms with Crippen LogP contribution >= 0.6 is 0 Å². The molecule has 19 heavy (non-hydrogen) atoms. The quantitative estimate of drug-likeness (QED) is 0.890. The molecule has 2 N–H and O–H groups in total. The average Bonchev–Trinajstić information content (AvgIpc) is 2.33. The van der Waals surface area contributed by atoms with Gasteiger partial charge in [0.15, 0.2) is 11.5 Å². The van der Waals surface area contributed by atoms with E-state index >= 15 is 0 Å². The second kappa shape index (κ2) is 5.95. The topological polar surface area (TPSA) is 61.5 Å². The summed E-state index contributed by atoms with van der Waals surface area (Å²) in [5.74, 6) is 0.618. The molecular formula is C15H23NO3. The van der Waals surface area contributed by atoms with Gasteiger partial charge in [0.25, 0.3) is 0 Å². The molecule has 1 aromatic rings. The Kier molecular flexibility index (Phi) is 4.81. The third-order valence-corrected chi connectivity index (χ3v) is 2.97. The predicted molar refractivity (Wildman–Crippen MR) is 75.6 cm³/mol. The van der Waals surface area contributed by atoms with Crippen LogP contribution in [0.25, 0.3) is 0 Å². The number of ether oxygens (including phenoxy) is 2. The molecule has 0 aliphatic carbocycles. The Morgan fingerprint density at radius 2 is 1.79 bits per heavy atom. The normalized spacial score (nSPS) is 12.9. The van der Waals surface area contributed by atoms with E-state index in [0.717, 1.165) is 5.56 Å². The Hall–Kier alpha value is -1.71. The maximum Gasteiger partial charge on any atom is 0.224 e. The molecule has 1 atom stereocenters. The number of primary amides is 1. The first-order valence-corrected chi connectivity index (χ1v) is 6.29. The number of methoxy groups -OCH3 is 2. The van der Waals surface area contributed by atoms with Crippen molar-refractivity contribution in [3.63, 3.8) is 0 Å². The summed E-state index contributed by atoms with van der Waals surface area (Å²) in [5.41, 5.74) is 6.41. The minimum absolute atomic E-state index is 0.0207. The molecule has 1 rings (SSSR count). The Labute approximate surface area is 114 Å². The predicted octanol–water partition coefficient (Wildman–Crippen LogP) is 2.71. The third-order valence-electron chi connectivity index (χ3n) is 2.97. The van der Waals surface area contributed by atoms with E-state index in [1.165, 1.54) is 0 Å². The first kappa shape index (κ1) is 15.3. The molecule has 4 heteroatoms. The SMILES string of the molecule is COc1ccc(C(CC(C)(C)C)C(N)=O)cc1OC. The number of hydrogen-bond donors (Lipinski definition) is 1. The minimum atomic E-state index is -0.320. The molecule has 106 valence electrons. The fourth-order valence-corrected chi connectivity index (χ4v) is 2.06. The van der Waals surface area contributed by atoms with Gasteiger partial charge in [0.2, 0.25) is 5.91 Å². The van der Waals surface area contributed by atoms with Gasteiger partial charge >= 0.3 is 0 Å². The number of carbonyl (C=O) groups is 1. The van der Waals surface area contributed by atoms with Crippen molar-refractivity contribution < 1.29 is 14.3 Å². The van der Waals surface area contributed by atoms with Crippen LogP contribution in [0.5, 0.6) is 11.5 Å². The van der Waals surface area contributed by atoms with Crippen molar-refractivity contribution >= 4 is 5.91 Å². The molecule has 1 unspecified atom stereocenters. The Balaban J connectivity index is 3.13. The van der Waals surface area contributed by atoms with Crippen LogP contribution in [-0.2, 0) is 4.79 Å². The molecule has 0 aliphatic heterocycles. The van der Waals surface area contributed by atoms with E-state index in [-0.39, 0.29) is 17.2 Å². The van der Waals surface area contributed by atoms with Crippen LogP contribution in [-0.4, -0.2) is 20.1 Å². The summed E-state index contributed by atoms with van der Waals surface area (Å²) < 4.78 is 10.5. The highest BCUT2D eigenvalue weighted by Gasteiger charge is 2.25. The fourth-order valence-electron chi connectivity index (χ4n) is 2.06. The van der Waals surface area contributed by atoms with Crippen LogP contribution in [0.2, 0.25) is 0 Å². The van der Waals surface area contributed by atoms with Gasteiger partial charge in [-0.1, -0.05) is 26.8 Å². The van der Waals surface area contributed by atoms with Gasteiger partial charge in [-0.25, -0.2) is 0 Å². The van der Waals surface area contributed by atoms with Crippen molar-refractivity contribution in [3.05, 3.63) is 23.8 Å². The number of hydrogen-bond acceptors (Lipinski definition) is 3. The van der Waals surface area contributed by atoms with Gasteiger partial charge in [-0.15, -0.1) is 0 Å². The first-order valence-electron chi connectivity index (χ1n) is 6.29. The van der Waals surface area contributed by atoms with Crippen molar-refractivity contribution in [1.29, 1.82) is 0 Å². The summed E-state index contributed by atoms with van der Waals surface area (Å²) in [6.07, 6.45) is 0.692. The zero-order chi connectivity index (χ0) is 14.6. The van der Waals surface area contributed by atoms with E-state index in [2.05, 4.69) is 20.8 Å². The maximum atomic E-state index is 11.7.